The maximum Gasteiger partial charge on any atom is 0.340 e. The number of aromatic hydroxyl groups is 1. The number of carbonyl (C=O) groups excluding carboxylic acids is 1. The predicted octanol–water partition coefficient (Wildman–Crippen LogP) is 4.11. The second kappa shape index (κ2) is 7.04. The van der Waals surface area contributed by atoms with Gasteiger partial charge in [-0.2, -0.15) is 0 Å². The van der Waals surface area contributed by atoms with Crippen LogP contribution in [-0.4, -0.2) is 11.0 Å². The number of carbonyl (C=O) groups is 1. The largest absolute Gasteiger partial charge is 0.508 e. The van der Waals surface area contributed by atoms with Crippen molar-refractivity contribution >= 4 is 22.6 Å². The first-order valence-electron chi connectivity index (χ1n) is 8.50. The third-order valence-electron chi connectivity index (χ3n) is 4.47. The average molecular weight is 351 g/mol. The number of hydrogen-bond acceptors (Lipinski definition) is 4. The van der Waals surface area contributed by atoms with Gasteiger partial charge in [0.1, 0.15) is 11.3 Å². The number of hydrogen-bond donors (Lipinski definition) is 2. The van der Waals surface area contributed by atoms with Crippen molar-refractivity contribution in [1.29, 1.82) is 0 Å². The van der Waals surface area contributed by atoms with E-state index in [1.54, 1.807) is 13.0 Å². The van der Waals surface area contributed by atoms with E-state index in [0.29, 0.717) is 33.7 Å². The summed E-state index contributed by atoms with van der Waals surface area (Å²) in [6.07, 6.45) is -0.0725. The molecule has 0 saturated heterocycles. The Hall–Kier alpha value is -3.08. The second-order valence-corrected chi connectivity index (χ2v) is 6.68. The average Bonchev–Trinajstić information content (AvgIpc) is 2.58. The highest BCUT2D eigenvalue weighted by atomic mass is 16.4. The zero-order chi connectivity index (χ0) is 18.8. The van der Waals surface area contributed by atoms with Crippen molar-refractivity contribution < 1.29 is 14.3 Å². The molecule has 0 fully saturated rings. The SMILES string of the molecule is Cc1c(CC(=O)Nc2ccc(C(C)C)cc2)c(=O)oc2cc(O)ccc12. The molecule has 0 aliphatic heterocycles. The number of nitrogens with one attached hydrogen (secondary N) is 1. The lowest BCUT2D eigenvalue weighted by atomic mass is 10.0. The summed E-state index contributed by atoms with van der Waals surface area (Å²) in [5.74, 6) is 0.162. The minimum atomic E-state index is -0.564. The van der Waals surface area contributed by atoms with Crippen LogP contribution in [0.4, 0.5) is 5.69 Å². The van der Waals surface area contributed by atoms with Crippen molar-refractivity contribution in [2.75, 3.05) is 5.32 Å². The van der Waals surface area contributed by atoms with Gasteiger partial charge >= 0.3 is 5.63 Å². The molecular weight excluding hydrogens is 330 g/mol. The maximum atomic E-state index is 12.4. The number of benzene rings is 2. The van der Waals surface area contributed by atoms with Gasteiger partial charge in [0.2, 0.25) is 5.91 Å². The van der Waals surface area contributed by atoms with Crippen LogP contribution in [0, 0.1) is 6.92 Å². The zero-order valence-corrected chi connectivity index (χ0v) is 15.0. The molecule has 26 heavy (non-hydrogen) atoms. The van der Waals surface area contributed by atoms with Crippen molar-refractivity contribution in [2.24, 2.45) is 0 Å². The molecule has 134 valence electrons. The van der Waals surface area contributed by atoms with Crippen LogP contribution < -0.4 is 10.9 Å². The molecule has 0 saturated carbocycles. The fraction of sp³-hybridized carbons (Fsp3) is 0.238. The Bertz CT molecular complexity index is 1020. The van der Waals surface area contributed by atoms with Gasteiger partial charge < -0.3 is 14.8 Å². The Morgan fingerprint density at radius 1 is 1.15 bits per heavy atom. The Balaban J connectivity index is 1.83. The molecule has 0 aliphatic rings. The van der Waals surface area contributed by atoms with Crippen molar-refractivity contribution in [1.82, 2.24) is 0 Å². The van der Waals surface area contributed by atoms with Gasteiger partial charge in [0.05, 0.1) is 12.0 Å². The number of anilines is 1. The predicted molar refractivity (Wildman–Crippen MR) is 102 cm³/mol. The van der Waals surface area contributed by atoms with E-state index in [2.05, 4.69) is 19.2 Å². The van der Waals surface area contributed by atoms with Crippen LogP contribution in [0.25, 0.3) is 11.0 Å². The van der Waals surface area contributed by atoms with E-state index in [4.69, 9.17) is 4.42 Å². The molecule has 0 radical (unpaired) electrons. The van der Waals surface area contributed by atoms with Crippen molar-refractivity contribution in [3.05, 3.63) is 69.6 Å². The Morgan fingerprint density at radius 2 is 1.85 bits per heavy atom. The van der Waals surface area contributed by atoms with Crippen LogP contribution in [-0.2, 0) is 11.2 Å². The number of phenolic OH excluding ortho intramolecular Hbond substituents is 1. The zero-order valence-electron chi connectivity index (χ0n) is 15.0. The topological polar surface area (TPSA) is 79.5 Å². The van der Waals surface area contributed by atoms with Gasteiger partial charge in [0.15, 0.2) is 0 Å². The van der Waals surface area contributed by atoms with Crippen LogP contribution in [0.3, 0.4) is 0 Å². The van der Waals surface area contributed by atoms with E-state index in [-0.39, 0.29) is 18.1 Å². The van der Waals surface area contributed by atoms with Crippen LogP contribution in [0.5, 0.6) is 5.75 Å². The number of aryl methyl sites for hydroxylation is 1. The van der Waals surface area contributed by atoms with E-state index in [9.17, 15) is 14.7 Å². The molecule has 3 rings (SSSR count). The summed E-state index contributed by atoms with van der Waals surface area (Å²) in [5, 5.41) is 13.0. The quantitative estimate of drug-likeness (QED) is 0.693. The Morgan fingerprint density at radius 3 is 2.50 bits per heavy atom. The summed E-state index contributed by atoms with van der Waals surface area (Å²) in [4.78, 5) is 24.6. The van der Waals surface area contributed by atoms with Crippen LogP contribution >= 0.6 is 0 Å². The first kappa shape index (κ1) is 17.7. The van der Waals surface area contributed by atoms with Gasteiger partial charge in [-0.1, -0.05) is 26.0 Å². The molecule has 0 atom stereocenters. The summed E-state index contributed by atoms with van der Waals surface area (Å²) in [5.41, 5.74) is 2.62. The molecule has 0 unspecified atom stereocenters. The lowest BCUT2D eigenvalue weighted by molar-refractivity contribution is -0.115. The van der Waals surface area contributed by atoms with Gasteiger partial charge in [-0.05, 0) is 48.2 Å². The number of rotatable bonds is 4. The van der Waals surface area contributed by atoms with Crippen LogP contribution in [0.2, 0.25) is 0 Å². The fourth-order valence-electron chi connectivity index (χ4n) is 2.90. The minimum absolute atomic E-state index is 0.0235. The third kappa shape index (κ3) is 3.61. The number of amides is 1. The molecular formula is C21H21NO4. The molecule has 0 aliphatic carbocycles. The van der Waals surface area contributed by atoms with Gasteiger partial charge in [0.25, 0.3) is 0 Å². The van der Waals surface area contributed by atoms with Gasteiger partial charge in [-0.3, -0.25) is 4.79 Å². The monoisotopic (exact) mass is 351 g/mol. The lowest BCUT2D eigenvalue weighted by Crippen LogP contribution is -2.20. The highest BCUT2D eigenvalue weighted by Gasteiger charge is 2.15. The molecule has 2 N–H and O–H groups in total. The standard InChI is InChI=1S/C21H21NO4/c1-12(2)14-4-6-15(7-5-14)22-20(24)11-18-13(3)17-9-8-16(23)10-19(17)26-21(18)25/h4-10,12,23H,11H2,1-3H3,(H,22,24). The van der Waals surface area contributed by atoms with Gasteiger partial charge in [0, 0.05) is 17.1 Å². The van der Waals surface area contributed by atoms with E-state index < -0.39 is 5.63 Å². The summed E-state index contributed by atoms with van der Waals surface area (Å²) in [7, 11) is 0. The van der Waals surface area contributed by atoms with E-state index in [1.165, 1.54) is 17.7 Å². The second-order valence-electron chi connectivity index (χ2n) is 6.68. The van der Waals surface area contributed by atoms with Crippen molar-refractivity contribution in [2.45, 2.75) is 33.1 Å². The number of fused-ring (bicyclic) bond motifs is 1. The van der Waals surface area contributed by atoms with Gasteiger partial charge in [-0.15, -0.1) is 0 Å². The molecule has 1 amide bonds. The lowest BCUT2D eigenvalue weighted by Gasteiger charge is -2.10. The van der Waals surface area contributed by atoms with Crippen molar-refractivity contribution in [3.8, 4) is 5.75 Å². The molecule has 2 aromatic carbocycles. The molecule has 5 heteroatoms. The maximum absolute atomic E-state index is 12.4. The molecule has 1 heterocycles. The van der Waals surface area contributed by atoms with Gasteiger partial charge in [-0.25, -0.2) is 4.79 Å². The molecule has 0 spiro atoms. The smallest absolute Gasteiger partial charge is 0.340 e. The van der Waals surface area contributed by atoms with E-state index in [0.717, 1.165) is 0 Å². The molecule has 3 aromatic rings. The summed E-state index contributed by atoms with van der Waals surface area (Å²) in [6.45, 7) is 5.99. The Kier molecular flexibility index (Phi) is 4.80. The first-order chi connectivity index (χ1) is 12.3. The molecule has 5 nitrogen and oxygen atoms in total. The Labute approximate surface area is 151 Å². The van der Waals surface area contributed by atoms with E-state index >= 15 is 0 Å². The van der Waals surface area contributed by atoms with Crippen molar-refractivity contribution in [3.63, 3.8) is 0 Å². The van der Waals surface area contributed by atoms with E-state index in [1.807, 2.05) is 24.3 Å². The summed E-state index contributed by atoms with van der Waals surface area (Å²) in [6, 6.07) is 12.2. The number of phenols is 1. The highest BCUT2D eigenvalue weighted by molar-refractivity contribution is 5.93. The normalized spacial score (nSPS) is 11.1. The van der Waals surface area contributed by atoms with Crippen LogP contribution in [0.1, 0.15) is 36.5 Å². The fourth-order valence-corrected chi connectivity index (χ4v) is 2.90. The highest BCUT2D eigenvalue weighted by Crippen LogP contribution is 2.24. The minimum Gasteiger partial charge on any atom is -0.508 e. The first-order valence-corrected chi connectivity index (χ1v) is 8.50. The molecule has 1 aromatic heterocycles. The van der Waals surface area contributed by atoms with Crippen LogP contribution in [0.15, 0.2) is 51.7 Å². The molecule has 0 bridgehead atoms. The summed E-state index contributed by atoms with van der Waals surface area (Å²) >= 11 is 0. The summed E-state index contributed by atoms with van der Waals surface area (Å²) < 4.78 is 5.25. The third-order valence-corrected chi connectivity index (χ3v) is 4.47.